The Morgan fingerprint density at radius 1 is 0.875 bits per heavy atom. The number of rotatable bonds is 11. The summed E-state index contributed by atoms with van der Waals surface area (Å²) in [6.45, 7) is 2.17. The van der Waals surface area contributed by atoms with E-state index < -0.39 is 17.5 Å². The van der Waals surface area contributed by atoms with Gasteiger partial charge in [0.05, 0.1) is 14.2 Å². The maximum Gasteiger partial charge on any atom is 0.340 e. The Morgan fingerprint density at radius 3 is 1.92 bits per heavy atom. The zero-order chi connectivity index (χ0) is 18.1. The predicted molar refractivity (Wildman–Crippen MR) is 91.5 cm³/mol. The molecule has 0 spiro atoms. The Bertz CT molecular complexity index is 553. The van der Waals surface area contributed by atoms with E-state index in [1.54, 1.807) is 0 Å². The summed E-state index contributed by atoms with van der Waals surface area (Å²) in [4.78, 5) is 11.5. The monoisotopic (exact) mass is 340 g/mol. The van der Waals surface area contributed by atoms with Gasteiger partial charge in [0.1, 0.15) is 5.56 Å². The van der Waals surface area contributed by atoms with E-state index >= 15 is 0 Å². The van der Waals surface area contributed by atoms with Crippen LogP contribution in [0.3, 0.4) is 0 Å². The van der Waals surface area contributed by atoms with Crippen molar-refractivity contribution in [2.75, 3.05) is 14.2 Å². The Labute approximate surface area is 143 Å². The van der Waals surface area contributed by atoms with Gasteiger partial charge in [0.2, 0.25) is 11.5 Å². The van der Waals surface area contributed by atoms with E-state index in [0.29, 0.717) is 12.0 Å². The molecule has 0 atom stereocenters. The molecule has 6 heteroatoms. The molecule has 136 valence electrons. The minimum absolute atomic E-state index is 0.0436. The second kappa shape index (κ2) is 9.90. The Morgan fingerprint density at radius 2 is 1.42 bits per heavy atom. The topological polar surface area (TPSA) is 96.2 Å². The largest absolute Gasteiger partial charge is 0.504 e. The molecule has 0 aliphatic rings. The van der Waals surface area contributed by atoms with Gasteiger partial charge >= 0.3 is 5.97 Å². The molecular weight excluding hydrogens is 312 g/mol. The molecule has 1 aromatic carbocycles. The highest BCUT2D eigenvalue weighted by molar-refractivity contribution is 5.95. The van der Waals surface area contributed by atoms with Crippen molar-refractivity contribution in [3.63, 3.8) is 0 Å². The summed E-state index contributed by atoms with van der Waals surface area (Å²) in [5, 5.41) is 29.3. The Balaban J connectivity index is 2.94. The van der Waals surface area contributed by atoms with Crippen molar-refractivity contribution < 1.29 is 29.6 Å². The molecule has 0 heterocycles. The average Bonchev–Trinajstić information content (AvgIpc) is 2.56. The highest BCUT2D eigenvalue weighted by Gasteiger charge is 2.28. The maximum atomic E-state index is 11.5. The zero-order valence-corrected chi connectivity index (χ0v) is 14.7. The van der Waals surface area contributed by atoms with E-state index in [1.165, 1.54) is 39.9 Å². The van der Waals surface area contributed by atoms with E-state index in [0.717, 1.165) is 19.3 Å². The molecule has 0 radical (unpaired) electrons. The Hall–Kier alpha value is -2.11. The molecule has 3 N–H and O–H groups in total. The van der Waals surface area contributed by atoms with Crippen molar-refractivity contribution in [1.82, 2.24) is 0 Å². The molecule has 0 unspecified atom stereocenters. The van der Waals surface area contributed by atoms with Gasteiger partial charge in [-0.15, -0.1) is 0 Å². The van der Waals surface area contributed by atoms with Crippen molar-refractivity contribution in [3.8, 4) is 23.0 Å². The molecule has 0 saturated carbocycles. The number of phenols is 2. The van der Waals surface area contributed by atoms with E-state index in [-0.39, 0.29) is 17.1 Å². The highest BCUT2D eigenvalue weighted by Crippen LogP contribution is 2.48. The number of ether oxygens (including phenoxy) is 2. The second-order valence-corrected chi connectivity index (χ2v) is 5.79. The standard InChI is InChI=1S/C18H28O6/c1-4-5-6-7-8-9-10-11-12-13(18(21)22)14(19)15(20)17(24-3)16(12)23-2/h19-20H,4-11H2,1-3H3,(H,21,22). The molecule has 1 rings (SSSR count). The molecule has 0 aromatic heterocycles. The fourth-order valence-corrected chi connectivity index (χ4v) is 2.86. The van der Waals surface area contributed by atoms with Crippen molar-refractivity contribution in [3.05, 3.63) is 11.1 Å². The molecule has 0 amide bonds. The third-order valence-corrected chi connectivity index (χ3v) is 4.11. The normalized spacial score (nSPS) is 10.6. The smallest absolute Gasteiger partial charge is 0.340 e. The van der Waals surface area contributed by atoms with Gasteiger partial charge in [0, 0.05) is 5.56 Å². The molecule has 6 nitrogen and oxygen atoms in total. The van der Waals surface area contributed by atoms with Crippen LogP contribution in [0.2, 0.25) is 0 Å². The van der Waals surface area contributed by atoms with Gasteiger partial charge in [0.25, 0.3) is 0 Å². The van der Waals surface area contributed by atoms with Gasteiger partial charge in [-0.05, 0) is 12.8 Å². The summed E-state index contributed by atoms with van der Waals surface area (Å²) in [5.74, 6) is -2.48. The average molecular weight is 340 g/mol. The number of carboxylic acid groups (broad SMARTS) is 1. The number of aromatic hydroxyl groups is 2. The van der Waals surface area contributed by atoms with E-state index in [2.05, 4.69) is 6.92 Å². The molecule has 0 saturated heterocycles. The number of carboxylic acids is 1. The molecule has 0 aliphatic heterocycles. The lowest BCUT2D eigenvalue weighted by atomic mass is 9.97. The maximum absolute atomic E-state index is 11.5. The van der Waals surface area contributed by atoms with Crippen LogP contribution in [0.4, 0.5) is 0 Å². The fourth-order valence-electron chi connectivity index (χ4n) is 2.86. The first-order valence-electron chi connectivity index (χ1n) is 8.41. The lowest BCUT2D eigenvalue weighted by molar-refractivity contribution is 0.0690. The molecule has 0 aliphatic carbocycles. The van der Waals surface area contributed by atoms with Crippen LogP contribution in [0.1, 0.15) is 67.8 Å². The van der Waals surface area contributed by atoms with E-state index in [1.807, 2.05) is 0 Å². The summed E-state index contributed by atoms with van der Waals surface area (Å²) >= 11 is 0. The first-order valence-corrected chi connectivity index (χ1v) is 8.41. The van der Waals surface area contributed by atoms with E-state index in [4.69, 9.17) is 9.47 Å². The number of methoxy groups -OCH3 is 2. The number of benzene rings is 1. The van der Waals surface area contributed by atoms with Crippen molar-refractivity contribution in [2.24, 2.45) is 0 Å². The third-order valence-electron chi connectivity index (χ3n) is 4.11. The summed E-state index contributed by atoms with van der Waals surface area (Å²) in [6, 6.07) is 0. The fraction of sp³-hybridized carbons (Fsp3) is 0.611. The van der Waals surface area contributed by atoms with Gasteiger partial charge in [-0.3, -0.25) is 0 Å². The van der Waals surface area contributed by atoms with Crippen molar-refractivity contribution in [1.29, 1.82) is 0 Å². The number of carbonyl (C=O) groups is 1. The number of aromatic carboxylic acids is 1. The minimum Gasteiger partial charge on any atom is -0.504 e. The summed E-state index contributed by atoms with van der Waals surface area (Å²) in [5.41, 5.74) is 0.0295. The van der Waals surface area contributed by atoms with Crippen LogP contribution in [0.5, 0.6) is 23.0 Å². The van der Waals surface area contributed by atoms with Gasteiger partial charge < -0.3 is 24.8 Å². The molecule has 1 aromatic rings. The van der Waals surface area contributed by atoms with Crippen LogP contribution in [0.25, 0.3) is 0 Å². The third kappa shape index (κ3) is 4.69. The lowest BCUT2D eigenvalue weighted by Gasteiger charge is -2.18. The quantitative estimate of drug-likeness (QED) is 0.414. The zero-order valence-electron chi connectivity index (χ0n) is 14.7. The van der Waals surface area contributed by atoms with Crippen LogP contribution in [-0.2, 0) is 6.42 Å². The summed E-state index contributed by atoms with van der Waals surface area (Å²) < 4.78 is 10.3. The highest BCUT2D eigenvalue weighted by atomic mass is 16.5. The van der Waals surface area contributed by atoms with Gasteiger partial charge in [-0.2, -0.15) is 0 Å². The molecular formula is C18H28O6. The number of hydrogen-bond acceptors (Lipinski definition) is 5. The van der Waals surface area contributed by atoms with Crippen molar-refractivity contribution in [2.45, 2.75) is 58.3 Å². The predicted octanol–water partition coefficient (Wildman–Crippen LogP) is 4.11. The minimum atomic E-state index is -1.30. The van der Waals surface area contributed by atoms with E-state index in [9.17, 15) is 20.1 Å². The molecule has 24 heavy (non-hydrogen) atoms. The second-order valence-electron chi connectivity index (χ2n) is 5.79. The number of unbranched alkanes of at least 4 members (excludes halogenated alkanes) is 6. The van der Waals surface area contributed by atoms with Crippen LogP contribution in [0, 0.1) is 0 Å². The van der Waals surface area contributed by atoms with Gasteiger partial charge in [0.15, 0.2) is 11.5 Å². The molecule has 0 bridgehead atoms. The number of hydrogen-bond donors (Lipinski definition) is 3. The van der Waals surface area contributed by atoms with Crippen LogP contribution >= 0.6 is 0 Å². The van der Waals surface area contributed by atoms with Crippen LogP contribution < -0.4 is 9.47 Å². The van der Waals surface area contributed by atoms with Crippen LogP contribution in [0.15, 0.2) is 0 Å². The van der Waals surface area contributed by atoms with Gasteiger partial charge in [-0.1, -0.05) is 45.4 Å². The Kier molecular flexibility index (Phi) is 8.22. The molecule has 0 fully saturated rings. The summed E-state index contributed by atoms with van der Waals surface area (Å²) in [7, 11) is 2.71. The van der Waals surface area contributed by atoms with Gasteiger partial charge in [-0.25, -0.2) is 4.79 Å². The lowest BCUT2D eigenvalue weighted by Crippen LogP contribution is -2.07. The first-order chi connectivity index (χ1) is 11.5. The SMILES string of the molecule is CCCCCCCCCc1c(OC)c(OC)c(O)c(O)c1C(=O)O. The summed E-state index contributed by atoms with van der Waals surface area (Å²) in [6.07, 6.45) is 8.08. The van der Waals surface area contributed by atoms with Crippen molar-refractivity contribution >= 4 is 5.97 Å². The van der Waals surface area contributed by atoms with Crippen LogP contribution in [-0.4, -0.2) is 35.5 Å². The first kappa shape index (κ1) is 19.9. The number of phenolic OH excluding ortho intramolecular Hbond substituents is 1.